The van der Waals surface area contributed by atoms with Crippen LogP contribution in [0.2, 0.25) is 5.02 Å². The molecule has 2 N–H and O–H groups in total. The average Bonchev–Trinajstić information content (AvgIpc) is 2.18. The Kier molecular flexibility index (Phi) is 3.46. The SMILES string of the molecule is O=C(O)C(=O)/C=C(\O)c1ccccc1Cl. The van der Waals surface area contributed by atoms with Gasteiger partial charge < -0.3 is 10.2 Å². The van der Waals surface area contributed by atoms with E-state index in [1.807, 2.05) is 0 Å². The maximum atomic E-state index is 10.8. The molecule has 0 bridgehead atoms. The number of aliphatic hydroxyl groups is 1. The van der Waals surface area contributed by atoms with E-state index in [4.69, 9.17) is 16.7 Å². The topological polar surface area (TPSA) is 74.6 Å². The van der Waals surface area contributed by atoms with E-state index >= 15 is 0 Å². The van der Waals surface area contributed by atoms with Crippen LogP contribution < -0.4 is 0 Å². The van der Waals surface area contributed by atoms with Crippen LogP contribution in [0.5, 0.6) is 0 Å². The minimum atomic E-state index is -1.63. The van der Waals surface area contributed by atoms with E-state index in [0.717, 1.165) is 0 Å². The fourth-order valence-electron chi connectivity index (χ4n) is 0.933. The first-order valence-corrected chi connectivity index (χ1v) is 4.33. The second-order valence-corrected chi connectivity index (χ2v) is 3.09. The van der Waals surface area contributed by atoms with Crippen molar-refractivity contribution in [1.29, 1.82) is 0 Å². The van der Waals surface area contributed by atoms with Gasteiger partial charge in [0, 0.05) is 11.6 Å². The lowest BCUT2D eigenvalue weighted by atomic mass is 10.1. The van der Waals surface area contributed by atoms with Gasteiger partial charge in [-0.2, -0.15) is 0 Å². The van der Waals surface area contributed by atoms with Crippen molar-refractivity contribution in [2.45, 2.75) is 0 Å². The highest BCUT2D eigenvalue weighted by molar-refractivity contribution is 6.39. The predicted octanol–water partition coefficient (Wildman–Crippen LogP) is 1.89. The lowest BCUT2D eigenvalue weighted by Gasteiger charge is -2.01. The smallest absolute Gasteiger partial charge is 0.376 e. The molecule has 0 fully saturated rings. The maximum absolute atomic E-state index is 10.8. The molecule has 1 aromatic carbocycles. The van der Waals surface area contributed by atoms with Gasteiger partial charge >= 0.3 is 5.97 Å². The summed E-state index contributed by atoms with van der Waals surface area (Å²) < 4.78 is 0. The third kappa shape index (κ3) is 2.82. The predicted molar refractivity (Wildman–Crippen MR) is 54.7 cm³/mol. The third-order valence-corrected chi connectivity index (χ3v) is 1.96. The number of carboxylic acids is 1. The number of benzene rings is 1. The summed E-state index contributed by atoms with van der Waals surface area (Å²) in [6.45, 7) is 0. The highest BCUT2D eigenvalue weighted by atomic mass is 35.5. The van der Waals surface area contributed by atoms with Gasteiger partial charge in [-0.05, 0) is 12.1 Å². The Balaban J connectivity index is 3.05. The lowest BCUT2D eigenvalue weighted by Crippen LogP contribution is -2.09. The number of ketones is 1. The fraction of sp³-hybridized carbons (Fsp3) is 0. The summed E-state index contributed by atoms with van der Waals surface area (Å²) in [5.74, 6) is -3.30. The summed E-state index contributed by atoms with van der Waals surface area (Å²) in [5, 5.41) is 18.0. The maximum Gasteiger partial charge on any atom is 0.376 e. The van der Waals surface area contributed by atoms with Crippen molar-refractivity contribution in [3.63, 3.8) is 0 Å². The molecule has 0 aromatic heterocycles. The first-order chi connectivity index (χ1) is 7.02. The number of carbonyl (C=O) groups excluding carboxylic acids is 1. The summed E-state index contributed by atoms with van der Waals surface area (Å²) in [7, 11) is 0. The Bertz CT molecular complexity index is 437. The van der Waals surface area contributed by atoms with Crippen LogP contribution in [-0.2, 0) is 9.59 Å². The zero-order valence-electron chi connectivity index (χ0n) is 7.48. The zero-order valence-corrected chi connectivity index (χ0v) is 8.23. The van der Waals surface area contributed by atoms with Crippen LogP contribution in [0.3, 0.4) is 0 Å². The average molecular weight is 227 g/mol. The van der Waals surface area contributed by atoms with Crippen LogP contribution in [-0.4, -0.2) is 22.0 Å². The molecule has 0 spiro atoms. The van der Waals surface area contributed by atoms with Crippen LogP contribution in [0.15, 0.2) is 30.3 Å². The number of halogens is 1. The van der Waals surface area contributed by atoms with Gasteiger partial charge in [-0.25, -0.2) is 4.79 Å². The third-order valence-electron chi connectivity index (χ3n) is 1.63. The first-order valence-electron chi connectivity index (χ1n) is 3.95. The molecule has 0 heterocycles. The van der Waals surface area contributed by atoms with Crippen molar-refractivity contribution in [2.75, 3.05) is 0 Å². The van der Waals surface area contributed by atoms with Crippen molar-refractivity contribution in [3.8, 4) is 0 Å². The second kappa shape index (κ2) is 4.61. The summed E-state index contributed by atoms with van der Waals surface area (Å²) in [6, 6.07) is 6.25. The molecule has 5 heteroatoms. The Morgan fingerprint density at radius 3 is 2.33 bits per heavy atom. The Hall–Kier alpha value is -1.81. The number of carbonyl (C=O) groups is 2. The van der Waals surface area contributed by atoms with E-state index in [1.54, 1.807) is 12.1 Å². The van der Waals surface area contributed by atoms with E-state index < -0.39 is 17.5 Å². The van der Waals surface area contributed by atoms with Gasteiger partial charge in [0.25, 0.3) is 5.78 Å². The molecule has 0 aliphatic heterocycles. The van der Waals surface area contributed by atoms with Crippen molar-refractivity contribution in [2.24, 2.45) is 0 Å². The molecule has 0 amide bonds. The van der Waals surface area contributed by atoms with Gasteiger partial charge in [-0.3, -0.25) is 4.79 Å². The molecule has 0 radical (unpaired) electrons. The zero-order chi connectivity index (χ0) is 11.4. The molecule has 1 aromatic rings. The van der Waals surface area contributed by atoms with Gasteiger partial charge in [0.2, 0.25) is 0 Å². The number of aliphatic carboxylic acids is 1. The van der Waals surface area contributed by atoms with Crippen LogP contribution in [0.4, 0.5) is 0 Å². The first kappa shape index (κ1) is 11.3. The molecule has 1 rings (SSSR count). The van der Waals surface area contributed by atoms with E-state index in [9.17, 15) is 14.7 Å². The quantitative estimate of drug-likeness (QED) is 0.469. The van der Waals surface area contributed by atoms with Gasteiger partial charge in [0.15, 0.2) is 0 Å². The number of carboxylic acid groups (broad SMARTS) is 1. The van der Waals surface area contributed by atoms with Gasteiger partial charge in [-0.1, -0.05) is 23.7 Å². The molecule has 78 valence electrons. The Morgan fingerprint density at radius 2 is 1.80 bits per heavy atom. The van der Waals surface area contributed by atoms with E-state index in [0.29, 0.717) is 6.08 Å². The van der Waals surface area contributed by atoms with Crippen molar-refractivity contribution >= 4 is 29.1 Å². The normalized spacial score (nSPS) is 11.1. The van der Waals surface area contributed by atoms with Crippen LogP contribution in [0, 0.1) is 0 Å². The summed E-state index contributed by atoms with van der Waals surface area (Å²) in [5.41, 5.74) is 0.216. The van der Waals surface area contributed by atoms with Gasteiger partial charge in [0.1, 0.15) is 5.76 Å². The summed E-state index contributed by atoms with van der Waals surface area (Å²) >= 11 is 5.72. The Labute approximate surface area is 90.4 Å². The van der Waals surface area contributed by atoms with E-state index in [-0.39, 0.29) is 10.6 Å². The number of rotatable bonds is 3. The van der Waals surface area contributed by atoms with Crippen LogP contribution in [0.1, 0.15) is 5.56 Å². The second-order valence-electron chi connectivity index (χ2n) is 2.68. The molecule has 15 heavy (non-hydrogen) atoms. The lowest BCUT2D eigenvalue weighted by molar-refractivity contribution is -0.146. The van der Waals surface area contributed by atoms with Crippen molar-refractivity contribution in [3.05, 3.63) is 40.9 Å². The highest BCUT2D eigenvalue weighted by Gasteiger charge is 2.11. The molecule has 0 atom stereocenters. The molecule has 4 nitrogen and oxygen atoms in total. The van der Waals surface area contributed by atoms with Crippen LogP contribution >= 0.6 is 11.6 Å². The van der Waals surface area contributed by atoms with Crippen molar-refractivity contribution in [1.82, 2.24) is 0 Å². The molecule has 0 saturated carbocycles. The number of hydrogen-bond acceptors (Lipinski definition) is 3. The molecule has 0 saturated heterocycles. The van der Waals surface area contributed by atoms with Gasteiger partial charge in [-0.15, -0.1) is 0 Å². The fourth-order valence-corrected chi connectivity index (χ4v) is 1.17. The minimum absolute atomic E-state index is 0.216. The molecule has 0 unspecified atom stereocenters. The number of aliphatic hydroxyl groups excluding tert-OH is 1. The number of hydrogen-bond donors (Lipinski definition) is 2. The van der Waals surface area contributed by atoms with Crippen LogP contribution in [0.25, 0.3) is 5.76 Å². The van der Waals surface area contributed by atoms with Crippen molar-refractivity contribution < 1.29 is 19.8 Å². The standard InChI is InChI=1S/C10H7ClO4/c11-7-4-2-1-3-6(7)8(12)5-9(13)10(14)15/h1-5,12H,(H,14,15)/b8-5-. The monoisotopic (exact) mass is 226 g/mol. The molecular weight excluding hydrogens is 220 g/mol. The van der Waals surface area contributed by atoms with Gasteiger partial charge in [0.05, 0.1) is 5.02 Å². The van der Waals surface area contributed by atoms with E-state index in [2.05, 4.69) is 0 Å². The minimum Gasteiger partial charge on any atom is -0.507 e. The summed E-state index contributed by atoms with van der Waals surface area (Å²) in [6.07, 6.45) is 0.615. The molecular formula is C10H7ClO4. The molecule has 0 aliphatic carbocycles. The largest absolute Gasteiger partial charge is 0.507 e. The van der Waals surface area contributed by atoms with E-state index in [1.165, 1.54) is 12.1 Å². The Morgan fingerprint density at radius 1 is 1.20 bits per heavy atom. The summed E-state index contributed by atoms with van der Waals surface area (Å²) in [4.78, 5) is 21.0. The molecule has 0 aliphatic rings. The highest BCUT2D eigenvalue weighted by Crippen LogP contribution is 2.21.